The van der Waals surface area contributed by atoms with Gasteiger partial charge in [-0.15, -0.1) is 0 Å². The Labute approximate surface area is 236 Å². The van der Waals surface area contributed by atoms with Crippen molar-refractivity contribution in [2.24, 2.45) is 20.6 Å². The third-order valence-electron chi connectivity index (χ3n) is 5.09. The van der Waals surface area contributed by atoms with E-state index in [0.717, 1.165) is 0 Å². The van der Waals surface area contributed by atoms with E-state index in [1.54, 1.807) is 30.9 Å². The first-order valence-corrected chi connectivity index (χ1v) is 14.7. The molecule has 0 aliphatic carbocycles. The first kappa shape index (κ1) is 42.1. The van der Waals surface area contributed by atoms with Gasteiger partial charge < -0.3 is 41.5 Å². The molecule has 1 aromatic rings. The van der Waals surface area contributed by atoms with Gasteiger partial charge in [0.2, 0.25) is 0 Å². The number of hydrogen-bond donors (Lipinski definition) is 0. The number of nitrogens with zero attached hydrogens (tertiary/aromatic N) is 5. The van der Waals surface area contributed by atoms with Crippen molar-refractivity contribution in [2.75, 3.05) is 18.5 Å². The maximum atomic E-state index is 9.60. The molecule has 0 aromatic carbocycles. The smallest absolute Gasteiger partial charge is 0.0571 e. The van der Waals surface area contributed by atoms with Gasteiger partial charge in [0.1, 0.15) is 0 Å². The minimum absolute atomic E-state index is 0. The molecule has 0 amide bonds. The van der Waals surface area contributed by atoms with E-state index < -0.39 is 0 Å². The number of pyridine rings is 1. The summed E-state index contributed by atoms with van der Waals surface area (Å²) in [7, 11) is 0.0675. The second-order valence-electron chi connectivity index (χ2n) is 8.29. The van der Waals surface area contributed by atoms with Gasteiger partial charge in [-0.2, -0.15) is 0 Å². The van der Waals surface area contributed by atoms with Crippen molar-refractivity contribution in [2.45, 2.75) is 93.9 Å². The second kappa shape index (κ2) is 32.0. The SMILES string of the molecule is CC(=N[O-])C(C)=N[O-].CC(=N[O-])C(C)=N[O-].CCCC[PH+](CCCC)CCCC.Cc1ccncc1.[Co]. The van der Waals surface area contributed by atoms with Crippen molar-refractivity contribution < 1.29 is 16.8 Å². The van der Waals surface area contributed by atoms with Gasteiger partial charge in [-0.05, 0) is 71.6 Å². The fourth-order valence-electron chi connectivity index (χ4n) is 2.35. The van der Waals surface area contributed by atoms with Crippen molar-refractivity contribution >= 4 is 30.8 Å². The fourth-order valence-corrected chi connectivity index (χ4v) is 5.66. The maximum absolute atomic E-state index is 9.60. The van der Waals surface area contributed by atoms with Gasteiger partial charge in [-0.3, -0.25) is 4.98 Å². The Kier molecular flexibility index (Phi) is 36.4. The molecule has 0 spiro atoms. The molecule has 37 heavy (non-hydrogen) atoms. The summed E-state index contributed by atoms with van der Waals surface area (Å²) in [4.78, 5) is 3.85. The minimum atomic E-state index is 0. The summed E-state index contributed by atoms with van der Waals surface area (Å²) in [6.45, 7) is 14.7. The van der Waals surface area contributed by atoms with E-state index in [1.165, 1.54) is 71.8 Å². The van der Waals surface area contributed by atoms with Gasteiger partial charge in [0.25, 0.3) is 0 Å². The predicted molar refractivity (Wildman–Crippen MR) is 163 cm³/mol. The first-order valence-electron chi connectivity index (χ1n) is 12.6. The van der Waals surface area contributed by atoms with Crippen LogP contribution in [0.3, 0.4) is 0 Å². The van der Waals surface area contributed by atoms with Crippen LogP contribution in [-0.2, 0) is 16.8 Å². The summed E-state index contributed by atoms with van der Waals surface area (Å²) in [6.07, 6.45) is 17.0. The van der Waals surface area contributed by atoms with Gasteiger partial charge in [0.05, 0.1) is 18.5 Å². The zero-order valence-electron chi connectivity index (χ0n) is 23.9. The number of aryl methyl sites for hydroxylation is 1. The van der Waals surface area contributed by atoms with E-state index in [2.05, 4.69) is 46.4 Å². The number of hydrogen-bond acceptors (Lipinski definition) is 9. The predicted octanol–water partition coefficient (Wildman–Crippen LogP) is 7.80. The standard InChI is InChI=1S/C12H27P.C6H7N.2C4H8N2O2.Co/c1-4-7-10-13(11-8-5-2)12-9-6-3;1-6-2-4-7-5-3-6;2*1-3(5-7)4(2)6-8;/h4-12H2,1-3H3;2-5H,1H3;2*7-8H,1-2H3;/p-3. The van der Waals surface area contributed by atoms with Crippen LogP contribution in [0.25, 0.3) is 0 Å². The van der Waals surface area contributed by atoms with Crippen LogP contribution in [0.1, 0.15) is 92.6 Å². The van der Waals surface area contributed by atoms with Crippen LogP contribution < -0.4 is 0 Å². The molecular weight excluding hydrogens is 536 g/mol. The fraction of sp³-hybridized carbons (Fsp3) is 0.654. The summed E-state index contributed by atoms with van der Waals surface area (Å²) in [5, 5.41) is 48.4. The minimum Gasteiger partial charge on any atom is -0.792 e. The van der Waals surface area contributed by atoms with Crippen LogP contribution >= 0.6 is 7.92 Å². The van der Waals surface area contributed by atoms with Crippen LogP contribution in [0.2, 0.25) is 0 Å². The van der Waals surface area contributed by atoms with E-state index in [0.29, 0.717) is 0 Å². The van der Waals surface area contributed by atoms with Crippen molar-refractivity contribution in [3.63, 3.8) is 0 Å². The zero-order valence-corrected chi connectivity index (χ0v) is 25.9. The summed E-state index contributed by atoms with van der Waals surface area (Å²) in [6, 6.07) is 3.94. The molecule has 0 aliphatic heterocycles. The van der Waals surface area contributed by atoms with Crippen LogP contribution in [0.4, 0.5) is 0 Å². The van der Waals surface area contributed by atoms with E-state index in [-0.39, 0.29) is 47.5 Å². The molecule has 0 bridgehead atoms. The largest absolute Gasteiger partial charge is 0.792 e. The second-order valence-corrected chi connectivity index (χ2v) is 11.3. The first-order chi connectivity index (χ1) is 17.2. The maximum Gasteiger partial charge on any atom is 0.0571 e. The Balaban J connectivity index is -0.000000201. The Morgan fingerprint density at radius 1 is 0.649 bits per heavy atom. The van der Waals surface area contributed by atoms with Gasteiger partial charge >= 0.3 is 0 Å². The van der Waals surface area contributed by atoms with Gasteiger partial charge in [0, 0.05) is 59.9 Å². The van der Waals surface area contributed by atoms with Crippen LogP contribution in [-0.4, -0.2) is 46.3 Å². The van der Waals surface area contributed by atoms with Crippen LogP contribution in [0, 0.1) is 27.8 Å². The van der Waals surface area contributed by atoms with E-state index in [4.69, 9.17) is 0 Å². The molecule has 0 atom stereocenters. The normalized spacial score (nSPS) is 11.7. The molecule has 0 N–H and O–H groups in total. The molecule has 11 heteroatoms. The molecular formula is C26H47CoN5O4P-3. The monoisotopic (exact) mass is 583 g/mol. The molecule has 1 heterocycles. The Hall–Kier alpha value is -2.03. The Morgan fingerprint density at radius 3 is 1.08 bits per heavy atom. The molecule has 217 valence electrons. The van der Waals surface area contributed by atoms with Crippen molar-refractivity contribution in [1.29, 1.82) is 0 Å². The molecule has 0 fully saturated rings. The molecule has 1 aromatic heterocycles. The van der Waals surface area contributed by atoms with E-state index in [9.17, 15) is 20.8 Å². The third kappa shape index (κ3) is 30.1. The summed E-state index contributed by atoms with van der Waals surface area (Å²) in [5.74, 6) is 0. The van der Waals surface area contributed by atoms with Gasteiger partial charge in [-0.1, -0.05) is 40.0 Å². The average molecular weight is 584 g/mol. The third-order valence-corrected chi connectivity index (χ3v) is 8.28. The van der Waals surface area contributed by atoms with Crippen molar-refractivity contribution in [3.8, 4) is 0 Å². The summed E-state index contributed by atoms with van der Waals surface area (Å²) >= 11 is 0. The summed E-state index contributed by atoms with van der Waals surface area (Å²) < 4.78 is 0. The number of rotatable bonds is 11. The van der Waals surface area contributed by atoms with Crippen molar-refractivity contribution in [1.82, 2.24) is 4.98 Å². The van der Waals surface area contributed by atoms with Crippen LogP contribution in [0.15, 0.2) is 45.1 Å². The average Bonchev–Trinajstić information content (AvgIpc) is 2.92. The quantitative estimate of drug-likeness (QED) is 0.148. The topological polar surface area (TPSA) is 155 Å². The molecule has 0 aliphatic rings. The molecule has 1 rings (SSSR count). The zero-order chi connectivity index (χ0) is 28.2. The number of unbranched alkanes of at least 4 members (excludes halogenated alkanes) is 3. The molecule has 0 unspecified atom stereocenters. The molecule has 1 radical (unpaired) electrons. The Bertz CT molecular complexity index is 665. The molecule has 9 nitrogen and oxygen atoms in total. The number of aromatic nitrogens is 1. The van der Waals surface area contributed by atoms with Crippen LogP contribution in [0.5, 0.6) is 0 Å². The molecule has 0 saturated heterocycles. The van der Waals surface area contributed by atoms with Gasteiger partial charge in [0.15, 0.2) is 0 Å². The Morgan fingerprint density at radius 2 is 0.919 bits per heavy atom. The van der Waals surface area contributed by atoms with E-state index >= 15 is 0 Å². The molecule has 0 saturated carbocycles. The van der Waals surface area contributed by atoms with Gasteiger partial charge in [-0.25, -0.2) is 0 Å². The summed E-state index contributed by atoms with van der Waals surface area (Å²) in [5.41, 5.74) is 1.81. The van der Waals surface area contributed by atoms with Crippen molar-refractivity contribution in [3.05, 3.63) is 50.9 Å². The van der Waals surface area contributed by atoms with E-state index in [1.807, 2.05) is 19.1 Å².